The summed E-state index contributed by atoms with van der Waals surface area (Å²) in [4.78, 5) is 0. The van der Waals surface area contributed by atoms with E-state index in [9.17, 15) is 5.11 Å². The molecule has 0 unspecified atom stereocenters. The van der Waals surface area contributed by atoms with Crippen LogP contribution in [0.25, 0.3) is 0 Å². The van der Waals surface area contributed by atoms with Gasteiger partial charge in [0.25, 0.3) is 0 Å². The summed E-state index contributed by atoms with van der Waals surface area (Å²) in [6.07, 6.45) is 5.16. The van der Waals surface area contributed by atoms with Crippen LogP contribution in [-0.2, 0) is 5.11 Å². The van der Waals surface area contributed by atoms with Crippen LogP contribution in [0, 0.1) is 12.3 Å². The van der Waals surface area contributed by atoms with Gasteiger partial charge in [0.1, 0.15) is 19.0 Å². The third kappa shape index (κ3) is 2.30. The molecule has 1 rings (SSSR count). The van der Waals surface area contributed by atoms with Crippen LogP contribution >= 0.6 is 0 Å². The van der Waals surface area contributed by atoms with Crippen molar-refractivity contribution in [3.8, 4) is 18.1 Å². The van der Waals surface area contributed by atoms with Crippen molar-refractivity contribution in [2.75, 3.05) is 13.2 Å². The van der Waals surface area contributed by atoms with Crippen molar-refractivity contribution >= 4 is 0 Å². The Kier molecular flexibility index (Phi) is 3.18. The van der Waals surface area contributed by atoms with Crippen LogP contribution in [0.5, 0.6) is 5.75 Å². The molecule has 0 atom stereocenters. The van der Waals surface area contributed by atoms with Crippen LogP contribution < -0.4 is 4.74 Å². The minimum Gasteiger partial charge on any atom is -0.491 e. The van der Waals surface area contributed by atoms with Gasteiger partial charge in [-0.1, -0.05) is 5.92 Å². The van der Waals surface area contributed by atoms with Crippen molar-refractivity contribution in [1.82, 2.24) is 0 Å². The van der Waals surface area contributed by atoms with Crippen LogP contribution in [0.1, 0.15) is 5.56 Å². The zero-order valence-electron chi connectivity index (χ0n) is 6.62. The molecule has 0 aliphatic heterocycles. The molecule has 0 heterocycles. The molecule has 0 aliphatic carbocycles. The molecule has 0 N–H and O–H groups in total. The summed E-state index contributed by atoms with van der Waals surface area (Å²) in [5.74, 6) is 3.18. The molecule has 0 aromatic heterocycles. The number of terminal acetylenes is 1. The fourth-order valence-corrected chi connectivity index (χ4v) is 0.807. The van der Waals surface area contributed by atoms with E-state index in [1.807, 2.05) is 0 Å². The van der Waals surface area contributed by atoms with E-state index in [-0.39, 0.29) is 13.2 Å². The Hall–Kier alpha value is -1.46. The van der Waals surface area contributed by atoms with E-state index in [2.05, 4.69) is 5.92 Å². The molecule has 1 aromatic rings. The van der Waals surface area contributed by atoms with Crippen molar-refractivity contribution in [1.29, 1.82) is 0 Å². The molecule has 0 spiro atoms. The number of hydrogen-bond acceptors (Lipinski definition) is 1. The fourth-order valence-electron chi connectivity index (χ4n) is 0.807. The van der Waals surface area contributed by atoms with Crippen LogP contribution in [0.15, 0.2) is 24.3 Å². The van der Waals surface area contributed by atoms with E-state index in [4.69, 9.17) is 11.2 Å². The van der Waals surface area contributed by atoms with Gasteiger partial charge in [0.05, 0.1) is 0 Å². The summed E-state index contributed by atoms with van der Waals surface area (Å²) in [6.45, 7) is -0.0215. The summed E-state index contributed by atoms with van der Waals surface area (Å²) in [7, 11) is 0. The highest BCUT2D eigenvalue weighted by Gasteiger charge is 1.91. The maximum atomic E-state index is 10.1. The van der Waals surface area contributed by atoms with Crippen molar-refractivity contribution in [3.63, 3.8) is 0 Å². The molecule has 0 saturated heterocycles. The first-order valence-corrected chi connectivity index (χ1v) is 3.64. The molecule has 0 aliphatic rings. The Morgan fingerprint density at radius 2 is 2.00 bits per heavy atom. The highest BCUT2D eigenvalue weighted by Crippen LogP contribution is 2.10. The van der Waals surface area contributed by atoms with E-state index in [1.165, 1.54) is 0 Å². The lowest BCUT2D eigenvalue weighted by Crippen LogP contribution is -2.00. The monoisotopic (exact) mass is 161 g/mol. The van der Waals surface area contributed by atoms with Gasteiger partial charge in [-0.25, -0.2) is 5.11 Å². The third-order valence-corrected chi connectivity index (χ3v) is 1.37. The SMILES string of the molecule is C#Cc1ccc(OCC[O])cc1. The number of benzene rings is 1. The molecule has 2 heteroatoms. The predicted octanol–water partition coefficient (Wildman–Crippen LogP) is 1.48. The molecule has 1 aromatic carbocycles. The standard InChI is InChI=1S/C10H9O2/c1-2-9-3-5-10(6-4-9)12-8-7-11/h1,3-6H,7-8H2. The van der Waals surface area contributed by atoms with Gasteiger partial charge in [0, 0.05) is 5.56 Å². The summed E-state index contributed by atoms with van der Waals surface area (Å²) in [6, 6.07) is 7.07. The minimum absolute atomic E-state index is 0.204. The van der Waals surface area contributed by atoms with E-state index in [0.717, 1.165) is 5.56 Å². The highest BCUT2D eigenvalue weighted by atomic mass is 16.5. The zero-order chi connectivity index (χ0) is 8.81. The Morgan fingerprint density at radius 3 is 2.50 bits per heavy atom. The quantitative estimate of drug-likeness (QED) is 0.617. The van der Waals surface area contributed by atoms with Gasteiger partial charge in [-0.2, -0.15) is 0 Å². The van der Waals surface area contributed by atoms with E-state index >= 15 is 0 Å². The van der Waals surface area contributed by atoms with Gasteiger partial charge in [-0.15, -0.1) is 6.42 Å². The van der Waals surface area contributed by atoms with Crippen LogP contribution in [0.3, 0.4) is 0 Å². The molecule has 0 fully saturated rings. The molecule has 2 nitrogen and oxygen atoms in total. The zero-order valence-corrected chi connectivity index (χ0v) is 6.62. The highest BCUT2D eigenvalue weighted by molar-refractivity contribution is 5.36. The lowest BCUT2D eigenvalue weighted by Gasteiger charge is -2.02. The Labute approximate surface area is 71.8 Å². The van der Waals surface area contributed by atoms with Crippen LogP contribution in [-0.4, -0.2) is 13.2 Å². The van der Waals surface area contributed by atoms with Gasteiger partial charge < -0.3 is 4.74 Å². The fraction of sp³-hybridized carbons (Fsp3) is 0.200. The Bertz CT molecular complexity index is 269. The maximum Gasteiger partial charge on any atom is 0.119 e. The summed E-state index contributed by atoms with van der Waals surface area (Å²) < 4.78 is 5.07. The third-order valence-electron chi connectivity index (χ3n) is 1.37. The normalized spacial score (nSPS) is 9.00. The number of rotatable bonds is 3. The van der Waals surface area contributed by atoms with Crippen molar-refractivity contribution in [3.05, 3.63) is 29.8 Å². The second kappa shape index (κ2) is 4.42. The topological polar surface area (TPSA) is 29.1 Å². The average molecular weight is 161 g/mol. The number of hydrogen-bond donors (Lipinski definition) is 0. The Balaban J connectivity index is 2.60. The van der Waals surface area contributed by atoms with Gasteiger partial charge in [-0.05, 0) is 24.3 Å². The summed E-state index contributed by atoms with van der Waals surface area (Å²) in [5, 5.41) is 10.1. The van der Waals surface area contributed by atoms with Gasteiger partial charge >= 0.3 is 0 Å². The van der Waals surface area contributed by atoms with Gasteiger partial charge in [-0.3, -0.25) is 0 Å². The second-order valence-corrected chi connectivity index (χ2v) is 2.22. The molecule has 61 valence electrons. The van der Waals surface area contributed by atoms with Crippen LogP contribution in [0.2, 0.25) is 0 Å². The van der Waals surface area contributed by atoms with Gasteiger partial charge in [0.2, 0.25) is 0 Å². The molecule has 1 radical (unpaired) electrons. The van der Waals surface area contributed by atoms with Gasteiger partial charge in [0.15, 0.2) is 0 Å². The van der Waals surface area contributed by atoms with Crippen LogP contribution in [0.4, 0.5) is 0 Å². The molecule has 0 saturated carbocycles. The predicted molar refractivity (Wildman–Crippen MR) is 45.4 cm³/mol. The molecular formula is C10H9O2. The van der Waals surface area contributed by atoms with Crippen molar-refractivity contribution in [2.24, 2.45) is 0 Å². The van der Waals surface area contributed by atoms with Crippen molar-refractivity contribution < 1.29 is 9.84 Å². The smallest absolute Gasteiger partial charge is 0.119 e. The van der Waals surface area contributed by atoms with E-state index in [0.29, 0.717) is 5.75 Å². The second-order valence-electron chi connectivity index (χ2n) is 2.22. The van der Waals surface area contributed by atoms with Crippen molar-refractivity contribution in [2.45, 2.75) is 0 Å². The maximum absolute atomic E-state index is 10.1. The number of ether oxygens (including phenoxy) is 1. The molecule has 0 amide bonds. The molecular weight excluding hydrogens is 152 g/mol. The first-order chi connectivity index (χ1) is 5.86. The first kappa shape index (κ1) is 8.63. The summed E-state index contributed by atoms with van der Waals surface area (Å²) >= 11 is 0. The van der Waals surface area contributed by atoms with E-state index < -0.39 is 0 Å². The van der Waals surface area contributed by atoms with E-state index in [1.54, 1.807) is 24.3 Å². The minimum atomic E-state index is -0.225. The molecule has 0 bridgehead atoms. The largest absolute Gasteiger partial charge is 0.491 e. The lowest BCUT2D eigenvalue weighted by atomic mass is 10.2. The lowest BCUT2D eigenvalue weighted by molar-refractivity contribution is 0.138. The summed E-state index contributed by atoms with van der Waals surface area (Å²) in [5.41, 5.74) is 0.810. The Morgan fingerprint density at radius 1 is 1.33 bits per heavy atom. The average Bonchev–Trinajstić information content (AvgIpc) is 2.15. The molecule has 12 heavy (non-hydrogen) atoms. The first-order valence-electron chi connectivity index (χ1n) is 3.64.